The van der Waals surface area contributed by atoms with E-state index in [-0.39, 0.29) is 0 Å². The van der Waals surface area contributed by atoms with E-state index in [1.165, 1.54) is 19.3 Å². The van der Waals surface area contributed by atoms with E-state index in [0.717, 1.165) is 30.2 Å². The van der Waals surface area contributed by atoms with Gasteiger partial charge in [-0.15, -0.1) is 5.10 Å². The quantitative estimate of drug-likeness (QED) is 0.577. The highest BCUT2D eigenvalue weighted by Crippen LogP contribution is 2.16. The first kappa shape index (κ1) is 15.2. The Labute approximate surface area is 115 Å². The van der Waals surface area contributed by atoms with Crippen LogP contribution in [-0.4, -0.2) is 27.4 Å². The highest BCUT2D eigenvalue weighted by atomic mass is 32.1. The maximum Gasteiger partial charge on any atom is 0.225 e. The summed E-state index contributed by atoms with van der Waals surface area (Å²) in [6, 6.07) is 0.447. The Kier molecular flexibility index (Phi) is 6.39. The van der Waals surface area contributed by atoms with Crippen molar-refractivity contribution in [3.05, 3.63) is 4.77 Å². The molecule has 0 aliphatic carbocycles. The van der Waals surface area contributed by atoms with Gasteiger partial charge in [0.15, 0.2) is 4.77 Å². The fourth-order valence-corrected chi connectivity index (χ4v) is 2.29. The van der Waals surface area contributed by atoms with Crippen LogP contribution in [0.4, 0.5) is 5.95 Å². The maximum atomic E-state index is 5.30. The molecule has 1 aromatic rings. The van der Waals surface area contributed by atoms with Crippen LogP contribution >= 0.6 is 12.2 Å². The number of rotatable bonds is 8. The SMILES string of the molecule is CCCCCN(c1n[nH]c(=S)n1CCC)C(C)C. The molecule has 0 atom stereocenters. The van der Waals surface area contributed by atoms with E-state index in [4.69, 9.17) is 12.2 Å². The van der Waals surface area contributed by atoms with Gasteiger partial charge in [-0.1, -0.05) is 26.7 Å². The summed E-state index contributed by atoms with van der Waals surface area (Å²) in [4.78, 5) is 2.34. The summed E-state index contributed by atoms with van der Waals surface area (Å²) in [5, 5.41) is 7.33. The minimum absolute atomic E-state index is 0.447. The molecule has 0 saturated heterocycles. The largest absolute Gasteiger partial charge is 0.339 e. The number of hydrogen-bond acceptors (Lipinski definition) is 3. The number of unbranched alkanes of at least 4 members (excludes halogenated alkanes) is 2. The van der Waals surface area contributed by atoms with Gasteiger partial charge in [0.25, 0.3) is 0 Å². The Bertz CT molecular complexity index is 394. The van der Waals surface area contributed by atoms with Gasteiger partial charge in [0.1, 0.15) is 0 Å². The fraction of sp³-hybridized carbons (Fsp3) is 0.846. The van der Waals surface area contributed by atoms with Crippen LogP contribution in [0.15, 0.2) is 0 Å². The summed E-state index contributed by atoms with van der Waals surface area (Å²) < 4.78 is 2.84. The van der Waals surface area contributed by atoms with Crippen LogP contribution in [0.5, 0.6) is 0 Å². The lowest BCUT2D eigenvalue weighted by Gasteiger charge is -2.27. The van der Waals surface area contributed by atoms with Gasteiger partial charge in [-0.05, 0) is 38.9 Å². The third kappa shape index (κ3) is 3.83. The van der Waals surface area contributed by atoms with Crippen molar-refractivity contribution in [3.8, 4) is 0 Å². The smallest absolute Gasteiger partial charge is 0.225 e. The fourth-order valence-electron chi connectivity index (χ4n) is 2.08. The molecule has 0 aromatic carbocycles. The highest BCUT2D eigenvalue weighted by molar-refractivity contribution is 7.71. The molecule has 18 heavy (non-hydrogen) atoms. The van der Waals surface area contributed by atoms with Crippen LogP contribution in [0.3, 0.4) is 0 Å². The minimum Gasteiger partial charge on any atom is -0.339 e. The van der Waals surface area contributed by atoms with Crippen molar-refractivity contribution in [2.24, 2.45) is 0 Å². The van der Waals surface area contributed by atoms with Crippen molar-refractivity contribution in [3.63, 3.8) is 0 Å². The van der Waals surface area contributed by atoms with Gasteiger partial charge in [0.2, 0.25) is 5.95 Å². The van der Waals surface area contributed by atoms with Gasteiger partial charge in [-0.25, -0.2) is 5.10 Å². The molecular formula is C13H26N4S. The number of H-pyrrole nitrogens is 1. The molecule has 0 unspecified atom stereocenters. The zero-order valence-corrected chi connectivity index (χ0v) is 12.9. The second-order valence-corrected chi connectivity index (χ2v) is 5.36. The second-order valence-electron chi connectivity index (χ2n) is 4.97. The highest BCUT2D eigenvalue weighted by Gasteiger charge is 2.16. The Hall–Kier alpha value is -0.840. The lowest BCUT2D eigenvalue weighted by molar-refractivity contribution is 0.580. The number of nitrogens with one attached hydrogen (secondary N) is 1. The molecule has 1 aromatic heterocycles. The lowest BCUT2D eigenvalue weighted by atomic mass is 10.2. The summed E-state index contributed by atoms with van der Waals surface area (Å²) in [5.41, 5.74) is 0. The summed E-state index contributed by atoms with van der Waals surface area (Å²) >= 11 is 5.30. The maximum absolute atomic E-state index is 5.30. The normalized spacial score (nSPS) is 11.2. The van der Waals surface area contributed by atoms with Gasteiger partial charge in [-0.2, -0.15) is 0 Å². The standard InChI is InChI=1S/C13H26N4S/c1-5-7-8-10-16(11(3)4)12-14-15-13(18)17(12)9-6-2/h11H,5-10H2,1-4H3,(H,15,18). The van der Waals surface area contributed by atoms with Crippen LogP contribution in [0.25, 0.3) is 0 Å². The molecule has 0 spiro atoms. The molecule has 0 radical (unpaired) electrons. The number of aromatic nitrogens is 3. The Balaban J connectivity index is 2.87. The first-order valence-corrected chi connectivity index (χ1v) is 7.44. The van der Waals surface area contributed by atoms with E-state index in [1.807, 2.05) is 0 Å². The molecule has 0 aliphatic rings. The van der Waals surface area contributed by atoms with Crippen molar-refractivity contribution in [1.82, 2.24) is 14.8 Å². The Morgan fingerprint density at radius 1 is 1.28 bits per heavy atom. The van der Waals surface area contributed by atoms with Crippen molar-refractivity contribution in [1.29, 1.82) is 0 Å². The van der Waals surface area contributed by atoms with E-state index in [0.29, 0.717) is 6.04 Å². The molecule has 1 heterocycles. The second kappa shape index (κ2) is 7.56. The summed E-state index contributed by atoms with van der Waals surface area (Å²) in [6.07, 6.45) is 4.79. The van der Waals surface area contributed by atoms with E-state index in [9.17, 15) is 0 Å². The van der Waals surface area contributed by atoms with E-state index in [1.54, 1.807) is 0 Å². The first-order valence-electron chi connectivity index (χ1n) is 7.03. The lowest BCUT2D eigenvalue weighted by Crippen LogP contribution is -2.34. The van der Waals surface area contributed by atoms with E-state index < -0.39 is 0 Å². The predicted molar refractivity (Wildman–Crippen MR) is 79.7 cm³/mol. The van der Waals surface area contributed by atoms with Crippen molar-refractivity contribution >= 4 is 18.2 Å². The molecule has 4 nitrogen and oxygen atoms in total. The minimum atomic E-state index is 0.447. The van der Waals surface area contributed by atoms with Crippen molar-refractivity contribution in [2.75, 3.05) is 11.4 Å². The molecule has 5 heteroatoms. The van der Waals surface area contributed by atoms with Gasteiger partial charge >= 0.3 is 0 Å². The monoisotopic (exact) mass is 270 g/mol. The van der Waals surface area contributed by atoms with Crippen LogP contribution in [0.1, 0.15) is 53.4 Å². The van der Waals surface area contributed by atoms with Crippen LogP contribution < -0.4 is 4.90 Å². The molecular weight excluding hydrogens is 244 g/mol. The molecule has 1 N–H and O–H groups in total. The van der Waals surface area contributed by atoms with E-state index >= 15 is 0 Å². The third-order valence-electron chi connectivity index (χ3n) is 3.07. The number of hydrogen-bond donors (Lipinski definition) is 1. The molecule has 1 rings (SSSR count). The predicted octanol–water partition coefficient (Wildman–Crippen LogP) is 3.76. The third-order valence-corrected chi connectivity index (χ3v) is 3.38. The first-order chi connectivity index (χ1) is 8.61. The molecule has 0 saturated carbocycles. The average molecular weight is 270 g/mol. The number of anilines is 1. The Morgan fingerprint density at radius 2 is 2.00 bits per heavy atom. The van der Waals surface area contributed by atoms with Crippen LogP contribution in [0.2, 0.25) is 0 Å². The van der Waals surface area contributed by atoms with Crippen LogP contribution in [0, 0.1) is 4.77 Å². The van der Waals surface area contributed by atoms with Gasteiger partial charge in [-0.3, -0.25) is 4.57 Å². The zero-order valence-electron chi connectivity index (χ0n) is 12.1. The topological polar surface area (TPSA) is 36.9 Å². The molecule has 0 aliphatic heterocycles. The summed E-state index contributed by atoms with van der Waals surface area (Å²) in [6.45, 7) is 10.8. The zero-order chi connectivity index (χ0) is 13.5. The molecule has 0 fully saturated rings. The Morgan fingerprint density at radius 3 is 2.56 bits per heavy atom. The average Bonchev–Trinajstić information content (AvgIpc) is 2.67. The van der Waals surface area contributed by atoms with Gasteiger partial charge in [0, 0.05) is 19.1 Å². The van der Waals surface area contributed by atoms with Gasteiger partial charge in [0.05, 0.1) is 0 Å². The number of aromatic amines is 1. The summed E-state index contributed by atoms with van der Waals surface area (Å²) in [7, 11) is 0. The van der Waals surface area contributed by atoms with E-state index in [2.05, 4.69) is 47.4 Å². The number of nitrogens with zero attached hydrogens (tertiary/aromatic N) is 3. The van der Waals surface area contributed by atoms with Crippen LogP contribution in [-0.2, 0) is 6.54 Å². The molecule has 0 amide bonds. The molecule has 0 bridgehead atoms. The van der Waals surface area contributed by atoms with Gasteiger partial charge < -0.3 is 4.90 Å². The molecule has 104 valence electrons. The van der Waals surface area contributed by atoms with Crippen molar-refractivity contribution < 1.29 is 0 Å². The van der Waals surface area contributed by atoms with Crippen molar-refractivity contribution in [2.45, 2.75) is 66.0 Å². The summed E-state index contributed by atoms with van der Waals surface area (Å²) in [5.74, 6) is 0.993.